The molecule has 1 N–H and O–H groups in total. The molecule has 2 aromatic heterocycles. The Morgan fingerprint density at radius 3 is 2.97 bits per heavy atom. The van der Waals surface area contributed by atoms with Gasteiger partial charge < -0.3 is 24.3 Å². The number of fused-ring (bicyclic) bond motifs is 2. The molecule has 1 unspecified atom stereocenters. The van der Waals surface area contributed by atoms with Crippen LogP contribution < -0.4 is 10.1 Å². The van der Waals surface area contributed by atoms with E-state index in [-0.39, 0.29) is 11.9 Å². The first kappa shape index (κ1) is 18.0. The number of pyridine rings is 1. The van der Waals surface area contributed by atoms with E-state index in [2.05, 4.69) is 33.2 Å². The van der Waals surface area contributed by atoms with Crippen molar-refractivity contribution in [3.63, 3.8) is 0 Å². The highest BCUT2D eigenvalue weighted by molar-refractivity contribution is 5.88. The van der Waals surface area contributed by atoms with Crippen molar-refractivity contribution in [3.8, 4) is 5.75 Å². The number of hydrogen-bond donors (Lipinski definition) is 1. The van der Waals surface area contributed by atoms with E-state index in [1.165, 1.54) is 5.56 Å². The molecule has 5 rings (SSSR count). The molecular formula is C22H24N4O3. The zero-order chi connectivity index (χ0) is 19.8. The lowest BCUT2D eigenvalue weighted by Crippen LogP contribution is -2.42. The minimum atomic E-state index is 0.120. The summed E-state index contributed by atoms with van der Waals surface area (Å²) in [6.07, 6.45) is 4.78. The van der Waals surface area contributed by atoms with Crippen LogP contribution >= 0.6 is 0 Å². The lowest BCUT2D eigenvalue weighted by Gasteiger charge is -2.27. The quantitative estimate of drug-likeness (QED) is 0.739. The van der Waals surface area contributed by atoms with Gasteiger partial charge in [0.2, 0.25) is 5.91 Å². The molecule has 150 valence electrons. The molecule has 0 saturated carbocycles. The number of methoxy groups -OCH3 is 1. The molecule has 1 atom stereocenters. The van der Waals surface area contributed by atoms with E-state index in [0.717, 1.165) is 34.5 Å². The van der Waals surface area contributed by atoms with Crippen LogP contribution in [0.15, 0.2) is 42.7 Å². The summed E-state index contributed by atoms with van der Waals surface area (Å²) in [5, 5.41) is 4.63. The van der Waals surface area contributed by atoms with E-state index in [1.807, 2.05) is 29.3 Å². The number of ether oxygens (including phenoxy) is 2. The first-order chi connectivity index (χ1) is 14.2. The Hall–Kier alpha value is -3.06. The first-order valence-corrected chi connectivity index (χ1v) is 9.95. The van der Waals surface area contributed by atoms with Crippen LogP contribution in [0.2, 0.25) is 0 Å². The standard InChI is InChI=1S/C22H24N4O3/c1-28-16-4-5-20-17(12-16)18(19-11-15-3-2-6-23-22(15)24-19)13-26(20)14-21(27)25-7-9-29-10-8-25/h2-6,12-13,19H,7-11,14H2,1H3,(H,23,24). The third kappa shape index (κ3) is 3.31. The van der Waals surface area contributed by atoms with Gasteiger partial charge in [0.1, 0.15) is 18.1 Å². The lowest BCUT2D eigenvalue weighted by atomic mass is 10.0. The normalized spacial score (nSPS) is 18.5. The highest BCUT2D eigenvalue weighted by Gasteiger charge is 2.27. The van der Waals surface area contributed by atoms with Gasteiger partial charge in [-0.3, -0.25) is 4.79 Å². The molecule has 1 amide bonds. The Bertz CT molecular complexity index is 1030. The fraction of sp³-hybridized carbons (Fsp3) is 0.364. The van der Waals surface area contributed by atoms with Gasteiger partial charge in [0.05, 0.1) is 26.4 Å². The minimum absolute atomic E-state index is 0.120. The van der Waals surface area contributed by atoms with Gasteiger partial charge in [0, 0.05) is 48.4 Å². The average molecular weight is 392 g/mol. The second-order valence-electron chi connectivity index (χ2n) is 7.50. The van der Waals surface area contributed by atoms with Crippen molar-refractivity contribution in [2.75, 3.05) is 38.7 Å². The summed E-state index contributed by atoms with van der Waals surface area (Å²) < 4.78 is 12.9. The van der Waals surface area contributed by atoms with Gasteiger partial charge >= 0.3 is 0 Å². The smallest absolute Gasteiger partial charge is 0.242 e. The van der Waals surface area contributed by atoms with Crippen LogP contribution in [0.5, 0.6) is 5.75 Å². The SMILES string of the molecule is COc1ccc2c(c1)c(C1Cc3cccnc3N1)cn2CC(=O)N1CCOCC1. The number of benzene rings is 1. The lowest BCUT2D eigenvalue weighted by molar-refractivity contribution is -0.135. The summed E-state index contributed by atoms with van der Waals surface area (Å²) >= 11 is 0. The van der Waals surface area contributed by atoms with Crippen molar-refractivity contribution < 1.29 is 14.3 Å². The molecule has 0 bridgehead atoms. The minimum Gasteiger partial charge on any atom is -0.497 e. The molecule has 4 heterocycles. The topological polar surface area (TPSA) is 68.6 Å². The van der Waals surface area contributed by atoms with E-state index >= 15 is 0 Å². The van der Waals surface area contributed by atoms with Crippen LogP contribution in [-0.2, 0) is 22.5 Å². The molecule has 1 aromatic carbocycles. The molecule has 29 heavy (non-hydrogen) atoms. The molecule has 7 nitrogen and oxygen atoms in total. The third-order valence-electron chi connectivity index (χ3n) is 5.79. The number of anilines is 1. The molecule has 2 aliphatic rings. The van der Waals surface area contributed by atoms with E-state index in [4.69, 9.17) is 9.47 Å². The first-order valence-electron chi connectivity index (χ1n) is 9.95. The predicted octanol–water partition coefficient (Wildman–Crippen LogP) is 2.61. The van der Waals surface area contributed by atoms with Crippen LogP contribution in [0.3, 0.4) is 0 Å². The average Bonchev–Trinajstić information content (AvgIpc) is 3.35. The zero-order valence-corrected chi connectivity index (χ0v) is 16.4. The predicted molar refractivity (Wildman–Crippen MR) is 110 cm³/mol. The van der Waals surface area contributed by atoms with Gasteiger partial charge in [-0.05, 0) is 29.8 Å². The number of nitrogens with zero attached hydrogens (tertiary/aromatic N) is 3. The summed E-state index contributed by atoms with van der Waals surface area (Å²) in [4.78, 5) is 19.2. The maximum atomic E-state index is 12.8. The molecule has 7 heteroatoms. The fourth-order valence-corrected chi connectivity index (χ4v) is 4.25. The van der Waals surface area contributed by atoms with Crippen LogP contribution in [0.25, 0.3) is 10.9 Å². The van der Waals surface area contributed by atoms with Crippen LogP contribution in [-0.4, -0.2) is 53.8 Å². The van der Waals surface area contributed by atoms with Crippen molar-refractivity contribution in [2.45, 2.75) is 19.0 Å². The van der Waals surface area contributed by atoms with Crippen molar-refractivity contribution >= 4 is 22.6 Å². The van der Waals surface area contributed by atoms with Crippen molar-refractivity contribution in [1.29, 1.82) is 0 Å². The highest BCUT2D eigenvalue weighted by Crippen LogP contribution is 2.37. The zero-order valence-electron chi connectivity index (χ0n) is 16.4. The number of carbonyl (C=O) groups excluding carboxylic acids is 1. The number of hydrogen-bond acceptors (Lipinski definition) is 5. The van der Waals surface area contributed by atoms with Crippen molar-refractivity contribution in [1.82, 2.24) is 14.5 Å². The number of rotatable bonds is 4. The molecular weight excluding hydrogens is 368 g/mol. The summed E-state index contributed by atoms with van der Waals surface area (Å²) in [6, 6.07) is 10.2. The van der Waals surface area contributed by atoms with E-state index in [1.54, 1.807) is 7.11 Å². The summed E-state index contributed by atoms with van der Waals surface area (Å²) in [7, 11) is 1.67. The Morgan fingerprint density at radius 2 is 2.17 bits per heavy atom. The number of morpholine rings is 1. The summed E-state index contributed by atoms with van der Waals surface area (Å²) in [5.74, 6) is 1.87. The largest absolute Gasteiger partial charge is 0.497 e. The number of amides is 1. The third-order valence-corrected chi connectivity index (χ3v) is 5.79. The number of aromatic nitrogens is 2. The summed E-state index contributed by atoms with van der Waals surface area (Å²) in [5.41, 5.74) is 3.41. The monoisotopic (exact) mass is 392 g/mol. The Kier molecular flexibility index (Phi) is 4.60. The van der Waals surface area contributed by atoms with E-state index in [9.17, 15) is 4.79 Å². The Morgan fingerprint density at radius 1 is 1.31 bits per heavy atom. The Balaban J connectivity index is 1.49. The second-order valence-corrected chi connectivity index (χ2v) is 7.50. The molecule has 3 aromatic rings. The molecule has 1 saturated heterocycles. The van der Waals surface area contributed by atoms with Crippen LogP contribution in [0, 0.1) is 0 Å². The van der Waals surface area contributed by atoms with Gasteiger partial charge in [-0.25, -0.2) is 4.98 Å². The molecule has 0 radical (unpaired) electrons. The summed E-state index contributed by atoms with van der Waals surface area (Å²) in [6.45, 7) is 2.85. The fourth-order valence-electron chi connectivity index (χ4n) is 4.25. The number of nitrogens with one attached hydrogen (secondary N) is 1. The van der Waals surface area contributed by atoms with Crippen LogP contribution in [0.4, 0.5) is 5.82 Å². The van der Waals surface area contributed by atoms with Crippen molar-refractivity contribution in [3.05, 3.63) is 53.9 Å². The van der Waals surface area contributed by atoms with Gasteiger partial charge in [-0.1, -0.05) is 6.07 Å². The van der Waals surface area contributed by atoms with Gasteiger partial charge in [0.25, 0.3) is 0 Å². The molecule has 0 aliphatic carbocycles. The van der Waals surface area contributed by atoms with Crippen molar-refractivity contribution in [2.24, 2.45) is 0 Å². The molecule has 0 spiro atoms. The Labute approximate surface area is 169 Å². The van der Waals surface area contributed by atoms with Gasteiger partial charge in [-0.2, -0.15) is 0 Å². The molecule has 1 fully saturated rings. The van der Waals surface area contributed by atoms with E-state index < -0.39 is 0 Å². The maximum absolute atomic E-state index is 12.8. The van der Waals surface area contributed by atoms with Gasteiger partial charge in [0.15, 0.2) is 0 Å². The van der Waals surface area contributed by atoms with E-state index in [0.29, 0.717) is 32.8 Å². The van der Waals surface area contributed by atoms with Gasteiger partial charge in [-0.15, -0.1) is 0 Å². The highest BCUT2D eigenvalue weighted by atomic mass is 16.5. The molecule has 2 aliphatic heterocycles. The maximum Gasteiger partial charge on any atom is 0.242 e. The van der Waals surface area contributed by atoms with Crippen LogP contribution in [0.1, 0.15) is 17.2 Å². The number of carbonyl (C=O) groups is 1. The second kappa shape index (κ2) is 7.40.